The second-order valence-corrected chi connectivity index (χ2v) is 6.07. The molecule has 2 heteroatoms. The van der Waals surface area contributed by atoms with E-state index in [1.54, 1.807) is 0 Å². The van der Waals surface area contributed by atoms with Crippen LogP contribution in [-0.4, -0.2) is 11.1 Å². The van der Waals surface area contributed by atoms with Crippen LogP contribution in [0.25, 0.3) is 10.9 Å². The standard InChI is InChI=1S/C17H24N2/c1-19-12-15(14-8-4-5-9-16(14)19)17(13-18)10-6-2-3-7-11-17/h4-5,8-9,12H,2-3,6-7,10-11,13,18H2,1H3. The van der Waals surface area contributed by atoms with Crippen molar-refractivity contribution >= 4 is 10.9 Å². The van der Waals surface area contributed by atoms with Crippen LogP contribution in [0.15, 0.2) is 30.5 Å². The van der Waals surface area contributed by atoms with E-state index in [4.69, 9.17) is 5.73 Å². The van der Waals surface area contributed by atoms with Crippen molar-refractivity contribution in [2.75, 3.05) is 6.54 Å². The molecule has 0 amide bonds. The van der Waals surface area contributed by atoms with E-state index >= 15 is 0 Å². The van der Waals surface area contributed by atoms with Gasteiger partial charge in [-0.15, -0.1) is 0 Å². The van der Waals surface area contributed by atoms with E-state index in [0.29, 0.717) is 0 Å². The number of nitrogens with zero attached hydrogens (tertiary/aromatic N) is 1. The number of aromatic nitrogens is 1. The van der Waals surface area contributed by atoms with Crippen molar-refractivity contribution in [3.8, 4) is 0 Å². The third kappa shape index (κ3) is 2.08. The van der Waals surface area contributed by atoms with Gasteiger partial charge in [0.25, 0.3) is 0 Å². The number of benzene rings is 1. The fourth-order valence-corrected chi connectivity index (χ4v) is 3.75. The van der Waals surface area contributed by atoms with Crippen LogP contribution >= 0.6 is 0 Å². The lowest BCUT2D eigenvalue weighted by Crippen LogP contribution is -2.34. The third-order valence-electron chi connectivity index (χ3n) is 4.92. The number of fused-ring (bicyclic) bond motifs is 1. The molecule has 2 N–H and O–H groups in total. The molecule has 1 heterocycles. The monoisotopic (exact) mass is 256 g/mol. The van der Waals surface area contributed by atoms with E-state index in [2.05, 4.69) is 42.1 Å². The predicted octanol–water partition coefficient (Wildman–Crippen LogP) is 3.73. The van der Waals surface area contributed by atoms with E-state index in [1.165, 1.54) is 55.0 Å². The largest absolute Gasteiger partial charge is 0.350 e. The molecule has 19 heavy (non-hydrogen) atoms. The minimum absolute atomic E-state index is 0.206. The first-order chi connectivity index (χ1) is 9.27. The average Bonchev–Trinajstić information content (AvgIpc) is 2.66. The lowest BCUT2D eigenvalue weighted by atomic mass is 9.74. The Morgan fingerprint density at radius 1 is 1.11 bits per heavy atom. The Morgan fingerprint density at radius 3 is 2.47 bits per heavy atom. The molecule has 0 radical (unpaired) electrons. The maximum Gasteiger partial charge on any atom is 0.0480 e. The lowest BCUT2D eigenvalue weighted by molar-refractivity contribution is 0.383. The Bertz CT molecular complexity index is 560. The first kappa shape index (κ1) is 12.7. The minimum Gasteiger partial charge on any atom is -0.350 e. The van der Waals surface area contributed by atoms with Crippen molar-refractivity contribution in [2.24, 2.45) is 12.8 Å². The van der Waals surface area contributed by atoms with Gasteiger partial charge in [-0.05, 0) is 24.5 Å². The second-order valence-electron chi connectivity index (χ2n) is 6.07. The van der Waals surface area contributed by atoms with Gasteiger partial charge >= 0.3 is 0 Å². The highest BCUT2D eigenvalue weighted by molar-refractivity contribution is 5.85. The Balaban J connectivity index is 2.15. The van der Waals surface area contributed by atoms with Gasteiger partial charge in [0.05, 0.1) is 0 Å². The zero-order valence-electron chi connectivity index (χ0n) is 11.9. The maximum absolute atomic E-state index is 6.23. The van der Waals surface area contributed by atoms with Crippen molar-refractivity contribution in [1.29, 1.82) is 0 Å². The summed E-state index contributed by atoms with van der Waals surface area (Å²) in [5.74, 6) is 0. The summed E-state index contributed by atoms with van der Waals surface area (Å²) in [7, 11) is 2.15. The molecular weight excluding hydrogens is 232 g/mol. The summed E-state index contributed by atoms with van der Waals surface area (Å²) in [6.07, 6.45) is 10.2. The molecule has 3 rings (SSSR count). The molecule has 1 aromatic heterocycles. The summed E-state index contributed by atoms with van der Waals surface area (Å²) in [4.78, 5) is 0. The van der Waals surface area contributed by atoms with Crippen LogP contribution in [0.1, 0.15) is 44.1 Å². The molecule has 102 valence electrons. The van der Waals surface area contributed by atoms with Gasteiger partial charge in [-0.3, -0.25) is 0 Å². The predicted molar refractivity (Wildman–Crippen MR) is 81.4 cm³/mol. The summed E-state index contributed by atoms with van der Waals surface area (Å²) in [6.45, 7) is 0.779. The normalized spacial score (nSPS) is 19.5. The van der Waals surface area contributed by atoms with Gasteiger partial charge < -0.3 is 10.3 Å². The minimum atomic E-state index is 0.206. The smallest absolute Gasteiger partial charge is 0.0480 e. The van der Waals surface area contributed by atoms with Crippen molar-refractivity contribution in [1.82, 2.24) is 4.57 Å². The van der Waals surface area contributed by atoms with E-state index in [1.807, 2.05) is 0 Å². The molecule has 1 fully saturated rings. The van der Waals surface area contributed by atoms with Crippen LogP contribution in [0.3, 0.4) is 0 Å². The number of nitrogens with two attached hydrogens (primary N) is 1. The lowest BCUT2D eigenvalue weighted by Gasteiger charge is -2.31. The van der Waals surface area contributed by atoms with Crippen LogP contribution in [0.4, 0.5) is 0 Å². The molecule has 2 aromatic rings. The number of para-hydroxylation sites is 1. The Morgan fingerprint density at radius 2 is 1.79 bits per heavy atom. The molecule has 0 spiro atoms. The topological polar surface area (TPSA) is 30.9 Å². The molecule has 0 atom stereocenters. The highest BCUT2D eigenvalue weighted by Gasteiger charge is 2.33. The molecular formula is C17H24N2. The number of aryl methyl sites for hydroxylation is 1. The average molecular weight is 256 g/mol. The number of rotatable bonds is 2. The van der Waals surface area contributed by atoms with Crippen LogP contribution in [0.2, 0.25) is 0 Å². The van der Waals surface area contributed by atoms with Gasteiger partial charge in [0, 0.05) is 36.1 Å². The van der Waals surface area contributed by atoms with E-state index in [-0.39, 0.29) is 5.41 Å². The highest BCUT2D eigenvalue weighted by Crippen LogP contribution is 2.41. The van der Waals surface area contributed by atoms with Crippen molar-refractivity contribution in [2.45, 2.75) is 43.9 Å². The molecule has 0 aliphatic heterocycles. The van der Waals surface area contributed by atoms with E-state index in [0.717, 1.165) is 6.54 Å². The third-order valence-corrected chi connectivity index (χ3v) is 4.92. The van der Waals surface area contributed by atoms with Gasteiger partial charge in [-0.25, -0.2) is 0 Å². The first-order valence-electron chi connectivity index (χ1n) is 7.51. The summed E-state index contributed by atoms with van der Waals surface area (Å²) in [6, 6.07) is 8.73. The van der Waals surface area contributed by atoms with Crippen molar-refractivity contribution < 1.29 is 0 Å². The fourth-order valence-electron chi connectivity index (χ4n) is 3.75. The number of hydrogen-bond donors (Lipinski definition) is 1. The zero-order chi connectivity index (χ0) is 13.3. The van der Waals surface area contributed by atoms with Crippen LogP contribution in [0.5, 0.6) is 0 Å². The zero-order valence-corrected chi connectivity index (χ0v) is 11.9. The molecule has 1 aromatic carbocycles. The van der Waals surface area contributed by atoms with Gasteiger partial charge in [0.15, 0.2) is 0 Å². The molecule has 2 nitrogen and oxygen atoms in total. The Labute approximate surface area is 115 Å². The Hall–Kier alpha value is -1.28. The fraction of sp³-hybridized carbons (Fsp3) is 0.529. The quantitative estimate of drug-likeness (QED) is 0.816. The summed E-state index contributed by atoms with van der Waals surface area (Å²) < 4.78 is 2.26. The molecule has 1 aliphatic carbocycles. The molecule has 0 bridgehead atoms. The summed E-state index contributed by atoms with van der Waals surface area (Å²) in [5, 5.41) is 1.40. The summed E-state index contributed by atoms with van der Waals surface area (Å²) in [5.41, 5.74) is 9.25. The van der Waals surface area contributed by atoms with E-state index < -0.39 is 0 Å². The second kappa shape index (κ2) is 5.01. The highest BCUT2D eigenvalue weighted by atomic mass is 14.9. The number of hydrogen-bond acceptors (Lipinski definition) is 1. The SMILES string of the molecule is Cn1cc(C2(CN)CCCCCC2)c2ccccc21. The van der Waals surface area contributed by atoms with Gasteiger partial charge in [0.1, 0.15) is 0 Å². The van der Waals surface area contributed by atoms with Crippen molar-refractivity contribution in [3.63, 3.8) is 0 Å². The van der Waals surface area contributed by atoms with E-state index in [9.17, 15) is 0 Å². The first-order valence-corrected chi connectivity index (χ1v) is 7.51. The van der Waals surface area contributed by atoms with Crippen LogP contribution in [0, 0.1) is 0 Å². The molecule has 0 saturated heterocycles. The maximum atomic E-state index is 6.23. The Kier molecular flexibility index (Phi) is 3.36. The summed E-state index contributed by atoms with van der Waals surface area (Å²) >= 11 is 0. The van der Waals surface area contributed by atoms with Crippen LogP contribution in [-0.2, 0) is 12.5 Å². The van der Waals surface area contributed by atoms with Gasteiger partial charge in [-0.2, -0.15) is 0 Å². The molecule has 1 aliphatic rings. The van der Waals surface area contributed by atoms with Gasteiger partial charge in [-0.1, -0.05) is 43.9 Å². The van der Waals surface area contributed by atoms with Crippen molar-refractivity contribution in [3.05, 3.63) is 36.0 Å². The molecule has 0 unspecified atom stereocenters. The van der Waals surface area contributed by atoms with Crippen LogP contribution < -0.4 is 5.73 Å². The van der Waals surface area contributed by atoms with Gasteiger partial charge in [0.2, 0.25) is 0 Å². The molecule has 1 saturated carbocycles.